The smallest absolute Gasteiger partial charge is 0.317 e. The Morgan fingerprint density at radius 2 is 2.26 bits per heavy atom. The van der Waals surface area contributed by atoms with Gasteiger partial charge < -0.3 is 14.8 Å². The van der Waals surface area contributed by atoms with Gasteiger partial charge in [-0.15, -0.1) is 0 Å². The van der Waals surface area contributed by atoms with Gasteiger partial charge in [-0.05, 0) is 18.8 Å². The van der Waals surface area contributed by atoms with Crippen molar-refractivity contribution in [3.63, 3.8) is 0 Å². The van der Waals surface area contributed by atoms with Crippen molar-refractivity contribution in [2.24, 2.45) is 5.92 Å². The van der Waals surface area contributed by atoms with Gasteiger partial charge in [0.1, 0.15) is 15.7 Å². The summed E-state index contributed by atoms with van der Waals surface area (Å²) < 4.78 is 24.9. The SMILES string of the molecule is CCc1nccn1CCNC(=O)N1CCC[C@H](CS(C)(=O)=O)C1. The molecule has 1 aliphatic rings. The number of urea groups is 1. The van der Waals surface area contributed by atoms with Gasteiger partial charge in [-0.3, -0.25) is 0 Å². The van der Waals surface area contributed by atoms with Crippen LogP contribution in [0.4, 0.5) is 4.79 Å². The molecule has 2 rings (SSSR count). The summed E-state index contributed by atoms with van der Waals surface area (Å²) in [5.74, 6) is 1.21. The lowest BCUT2D eigenvalue weighted by Crippen LogP contribution is -2.47. The predicted octanol–water partition coefficient (Wildman–Crippen LogP) is 0.912. The van der Waals surface area contributed by atoms with Crippen molar-refractivity contribution in [3.05, 3.63) is 18.2 Å². The van der Waals surface area contributed by atoms with Crippen molar-refractivity contribution in [2.75, 3.05) is 31.6 Å². The molecule has 2 heterocycles. The summed E-state index contributed by atoms with van der Waals surface area (Å²) in [4.78, 5) is 18.2. The lowest BCUT2D eigenvalue weighted by molar-refractivity contribution is 0.170. The molecule has 0 radical (unpaired) electrons. The third-order valence-electron chi connectivity index (χ3n) is 4.09. The number of amides is 2. The molecule has 2 amide bonds. The third kappa shape index (κ3) is 5.53. The maximum Gasteiger partial charge on any atom is 0.317 e. The molecule has 1 aromatic rings. The molecule has 1 aromatic heterocycles. The molecule has 1 saturated heterocycles. The molecular weight excluding hydrogens is 316 g/mol. The van der Waals surface area contributed by atoms with Crippen molar-refractivity contribution >= 4 is 15.9 Å². The van der Waals surface area contributed by atoms with Gasteiger partial charge in [-0.1, -0.05) is 6.92 Å². The highest BCUT2D eigenvalue weighted by atomic mass is 32.2. The minimum atomic E-state index is -3.00. The first-order chi connectivity index (χ1) is 10.9. The van der Waals surface area contributed by atoms with Gasteiger partial charge in [-0.2, -0.15) is 0 Å². The van der Waals surface area contributed by atoms with Crippen LogP contribution < -0.4 is 5.32 Å². The first-order valence-electron chi connectivity index (χ1n) is 8.09. The summed E-state index contributed by atoms with van der Waals surface area (Å²) in [6, 6.07) is -0.110. The van der Waals surface area contributed by atoms with Gasteiger partial charge in [0.2, 0.25) is 0 Å². The van der Waals surface area contributed by atoms with Crippen LogP contribution >= 0.6 is 0 Å². The summed E-state index contributed by atoms with van der Waals surface area (Å²) in [6.45, 7) is 4.49. The number of hydrogen-bond donors (Lipinski definition) is 1. The lowest BCUT2D eigenvalue weighted by Gasteiger charge is -2.32. The molecule has 0 bridgehead atoms. The summed E-state index contributed by atoms with van der Waals surface area (Å²) in [5, 5.41) is 2.91. The van der Waals surface area contributed by atoms with Gasteiger partial charge in [0.05, 0.1) is 5.75 Å². The van der Waals surface area contributed by atoms with Crippen LogP contribution in [0.5, 0.6) is 0 Å². The largest absolute Gasteiger partial charge is 0.336 e. The number of nitrogens with zero attached hydrogens (tertiary/aromatic N) is 3. The normalized spacial score (nSPS) is 18.9. The van der Waals surface area contributed by atoms with E-state index in [1.807, 2.05) is 17.7 Å². The Morgan fingerprint density at radius 3 is 2.96 bits per heavy atom. The van der Waals surface area contributed by atoms with Gasteiger partial charge in [0, 0.05) is 51.2 Å². The van der Waals surface area contributed by atoms with Crippen molar-refractivity contribution < 1.29 is 13.2 Å². The Balaban J connectivity index is 1.79. The number of aryl methyl sites for hydroxylation is 1. The summed E-state index contributed by atoms with van der Waals surface area (Å²) >= 11 is 0. The average molecular weight is 342 g/mol. The number of likely N-dealkylation sites (tertiary alicyclic amines) is 1. The van der Waals surface area contributed by atoms with Crippen LogP contribution in [-0.4, -0.2) is 60.5 Å². The maximum absolute atomic E-state index is 12.2. The zero-order valence-electron chi connectivity index (χ0n) is 13.9. The standard InChI is InChI=1S/C15H26N4O3S/c1-3-14-16-6-9-18(14)10-7-17-15(20)19-8-4-5-13(11-19)12-23(2,21)22/h6,9,13H,3-5,7-8,10-12H2,1-2H3,(H,17,20)/t13-/m0/s1. The van der Waals surface area contributed by atoms with E-state index < -0.39 is 9.84 Å². The number of nitrogens with one attached hydrogen (secondary N) is 1. The molecule has 0 spiro atoms. The van der Waals surface area contributed by atoms with Crippen molar-refractivity contribution in [1.29, 1.82) is 0 Å². The monoisotopic (exact) mass is 342 g/mol. The highest BCUT2D eigenvalue weighted by Gasteiger charge is 2.25. The zero-order chi connectivity index (χ0) is 16.9. The fourth-order valence-electron chi connectivity index (χ4n) is 3.07. The highest BCUT2D eigenvalue weighted by Crippen LogP contribution is 2.18. The molecule has 0 unspecified atom stereocenters. The molecule has 1 N–H and O–H groups in total. The Morgan fingerprint density at radius 1 is 1.48 bits per heavy atom. The number of rotatable bonds is 6. The quantitative estimate of drug-likeness (QED) is 0.833. The molecule has 130 valence electrons. The molecule has 1 fully saturated rings. The third-order valence-corrected chi connectivity index (χ3v) is 5.17. The fraction of sp³-hybridized carbons (Fsp3) is 0.733. The Kier molecular flexibility index (Phi) is 6.04. The lowest BCUT2D eigenvalue weighted by atomic mass is 10.0. The van der Waals surface area contributed by atoms with E-state index in [-0.39, 0.29) is 17.7 Å². The number of imidazole rings is 1. The van der Waals surface area contributed by atoms with Gasteiger partial charge in [0.25, 0.3) is 0 Å². The van der Waals surface area contributed by atoms with Crippen LogP contribution in [0.3, 0.4) is 0 Å². The second kappa shape index (κ2) is 7.81. The van der Waals surface area contributed by atoms with Crippen LogP contribution in [0.15, 0.2) is 12.4 Å². The van der Waals surface area contributed by atoms with Crippen molar-refractivity contribution in [2.45, 2.75) is 32.7 Å². The second-order valence-electron chi connectivity index (χ2n) is 6.17. The fourth-order valence-corrected chi connectivity index (χ4v) is 4.20. The summed E-state index contributed by atoms with van der Waals surface area (Å²) in [5.41, 5.74) is 0. The molecule has 1 aliphatic heterocycles. The average Bonchev–Trinajstić information content (AvgIpc) is 2.93. The topological polar surface area (TPSA) is 84.3 Å². The zero-order valence-corrected chi connectivity index (χ0v) is 14.7. The van der Waals surface area contributed by atoms with E-state index >= 15 is 0 Å². The number of piperidine rings is 1. The first kappa shape index (κ1) is 17.8. The van der Waals surface area contributed by atoms with Crippen LogP contribution in [-0.2, 0) is 22.8 Å². The second-order valence-corrected chi connectivity index (χ2v) is 8.35. The molecule has 1 atom stereocenters. The van der Waals surface area contributed by atoms with Crippen LogP contribution in [0.25, 0.3) is 0 Å². The Hall–Kier alpha value is -1.57. The minimum Gasteiger partial charge on any atom is -0.336 e. The number of carbonyl (C=O) groups excluding carboxylic acids is 1. The Labute approximate surface area is 138 Å². The van der Waals surface area contributed by atoms with E-state index in [1.54, 1.807) is 11.1 Å². The molecule has 8 heteroatoms. The van der Waals surface area contributed by atoms with Crippen molar-refractivity contribution in [3.8, 4) is 0 Å². The van der Waals surface area contributed by atoms with E-state index in [2.05, 4.69) is 10.3 Å². The first-order valence-corrected chi connectivity index (χ1v) is 10.2. The molecule has 0 saturated carbocycles. The van der Waals surface area contributed by atoms with Gasteiger partial charge in [0.15, 0.2) is 0 Å². The summed E-state index contributed by atoms with van der Waals surface area (Å²) in [6.07, 6.45) is 7.51. The molecule has 23 heavy (non-hydrogen) atoms. The number of aromatic nitrogens is 2. The number of hydrogen-bond acceptors (Lipinski definition) is 4. The Bertz CT molecular complexity index is 626. The van der Waals surface area contributed by atoms with E-state index in [4.69, 9.17) is 0 Å². The molecule has 0 aromatic carbocycles. The predicted molar refractivity (Wildman–Crippen MR) is 89.0 cm³/mol. The number of carbonyl (C=O) groups is 1. The van der Waals surface area contributed by atoms with Crippen LogP contribution in [0.1, 0.15) is 25.6 Å². The van der Waals surface area contributed by atoms with E-state index in [9.17, 15) is 13.2 Å². The number of sulfone groups is 1. The van der Waals surface area contributed by atoms with Crippen LogP contribution in [0, 0.1) is 5.92 Å². The van der Waals surface area contributed by atoms with Crippen LogP contribution in [0.2, 0.25) is 0 Å². The minimum absolute atomic E-state index is 0.0462. The van der Waals surface area contributed by atoms with E-state index in [0.717, 1.165) is 25.1 Å². The highest BCUT2D eigenvalue weighted by molar-refractivity contribution is 7.90. The van der Waals surface area contributed by atoms with E-state index in [1.165, 1.54) is 6.26 Å². The maximum atomic E-state index is 12.2. The molecular formula is C15H26N4O3S. The van der Waals surface area contributed by atoms with Gasteiger partial charge in [-0.25, -0.2) is 18.2 Å². The van der Waals surface area contributed by atoms with E-state index in [0.29, 0.717) is 26.2 Å². The van der Waals surface area contributed by atoms with Gasteiger partial charge >= 0.3 is 6.03 Å². The molecule has 7 nitrogen and oxygen atoms in total. The summed E-state index contributed by atoms with van der Waals surface area (Å²) in [7, 11) is -3.00. The molecule has 0 aliphatic carbocycles. The van der Waals surface area contributed by atoms with Crippen molar-refractivity contribution in [1.82, 2.24) is 19.8 Å².